The Bertz CT molecular complexity index is 1650. The van der Waals surface area contributed by atoms with Crippen molar-refractivity contribution >= 4 is 29.0 Å². The van der Waals surface area contributed by atoms with Crippen molar-refractivity contribution < 1.29 is 19.1 Å². The van der Waals surface area contributed by atoms with Gasteiger partial charge in [0.15, 0.2) is 5.78 Å². The first-order chi connectivity index (χ1) is 20.5. The molecule has 1 aromatic heterocycles. The highest BCUT2D eigenvalue weighted by Gasteiger charge is 2.12. The molecule has 4 aromatic rings. The SMILES string of the molecule is C=CC(=O)Cc1cccc(C(=O)Nc2cc3cc(c2)Nc2ncc(C)c(n2)-c2cccc(c2)OCC/C=C/COC3)c1. The summed E-state index contributed by atoms with van der Waals surface area (Å²) in [7, 11) is 0. The number of aromatic nitrogens is 2. The van der Waals surface area contributed by atoms with Crippen molar-refractivity contribution in [3.05, 3.63) is 120 Å². The zero-order chi connectivity index (χ0) is 29.3. The van der Waals surface area contributed by atoms with Crippen LogP contribution in [0.15, 0.2) is 97.7 Å². The average molecular weight is 561 g/mol. The van der Waals surface area contributed by atoms with Gasteiger partial charge < -0.3 is 20.1 Å². The van der Waals surface area contributed by atoms with Crippen LogP contribution in [0, 0.1) is 6.92 Å². The largest absolute Gasteiger partial charge is 0.493 e. The molecule has 1 aliphatic heterocycles. The number of hydrogen-bond acceptors (Lipinski definition) is 7. The fraction of sp³-hybridized carbons (Fsp3) is 0.176. The molecule has 2 heterocycles. The number of ether oxygens (including phenoxy) is 2. The number of rotatable bonds is 5. The van der Waals surface area contributed by atoms with Gasteiger partial charge in [0.1, 0.15) is 5.75 Å². The summed E-state index contributed by atoms with van der Waals surface area (Å²) >= 11 is 0. The molecule has 0 spiro atoms. The number of nitrogens with zero attached hydrogens (tertiary/aromatic N) is 2. The van der Waals surface area contributed by atoms with Gasteiger partial charge in [0.05, 0.1) is 25.5 Å². The van der Waals surface area contributed by atoms with E-state index in [9.17, 15) is 9.59 Å². The standard InChI is InChI=1S/C34H32N4O4/c1-3-30(39)18-24-9-7-11-27(15-24)33(40)36-28-16-25-17-29(20-28)37-34-35-21-23(2)32(38-34)26-10-8-12-31(19-26)42-14-6-4-5-13-41-22-25/h3-5,7-12,15-17,19-21H,1,6,13-14,18,22H2,2H3,(H,36,40)(H,35,37,38)/b5-4+. The van der Waals surface area contributed by atoms with E-state index in [1.807, 2.05) is 67.6 Å². The van der Waals surface area contributed by atoms with Crippen molar-refractivity contribution in [2.75, 3.05) is 23.8 Å². The quantitative estimate of drug-likeness (QED) is 0.209. The Hall–Kier alpha value is -5.08. The van der Waals surface area contributed by atoms with E-state index in [4.69, 9.17) is 14.5 Å². The fourth-order valence-corrected chi connectivity index (χ4v) is 4.55. The van der Waals surface area contributed by atoms with Gasteiger partial charge in [-0.1, -0.05) is 43.0 Å². The van der Waals surface area contributed by atoms with Gasteiger partial charge in [-0.05, 0) is 78.6 Å². The molecule has 212 valence electrons. The van der Waals surface area contributed by atoms with Crippen LogP contribution in [0.5, 0.6) is 5.75 Å². The second-order valence-electron chi connectivity index (χ2n) is 9.92. The lowest BCUT2D eigenvalue weighted by molar-refractivity contribution is -0.114. The first kappa shape index (κ1) is 28.4. The summed E-state index contributed by atoms with van der Waals surface area (Å²) in [6, 6.07) is 20.5. The fourth-order valence-electron chi connectivity index (χ4n) is 4.55. The van der Waals surface area contributed by atoms with E-state index >= 15 is 0 Å². The van der Waals surface area contributed by atoms with Gasteiger partial charge in [-0.15, -0.1) is 0 Å². The summed E-state index contributed by atoms with van der Waals surface area (Å²) in [6.07, 6.45) is 8.01. The Labute approximate surface area is 245 Å². The third kappa shape index (κ3) is 7.56. The molecule has 8 heteroatoms. The Kier molecular flexibility index (Phi) is 9.16. The smallest absolute Gasteiger partial charge is 0.255 e. The van der Waals surface area contributed by atoms with Crippen LogP contribution in [0.3, 0.4) is 0 Å². The first-order valence-electron chi connectivity index (χ1n) is 13.7. The van der Waals surface area contributed by atoms with Crippen LogP contribution in [0.2, 0.25) is 0 Å². The Morgan fingerprint density at radius 3 is 2.83 bits per heavy atom. The summed E-state index contributed by atoms with van der Waals surface area (Å²) in [5.41, 5.74) is 5.99. The van der Waals surface area contributed by atoms with Crippen LogP contribution in [0.1, 0.15) is 33.5 Å². The van der Waals surface area contributed by atoms with Gasteiger partial charge in [-0.25, -0.2) is 9.97 Å². The third-order valence-corrected chi connectivity index (χ3v) is 6.58. The molecule has 3 aromatic carbocycles. The monoisotopic (exact) mass is 560 g/mol. The minimum Gasteiger partial charge on any atom is -0.493 e. The molecule has 0 saturated heterocycles. The molecule has 0 atom stereocenters. The summed E-state index contributed by atoms with van der Waals surface area (Å²) in [4.78, 5) is 34.3. The van der Waals surface area contributed by atoms with Crippen LogP contribution in [-0.2, 0) is 22.6 Å². The highest BCUT2D eigenvalue weighted by molar-refractivity contribution is 6.05. The maximum absolute atomic E-state index is 13.2. The molecule has 1 aliphatic rings. The van der Waals surface area contributed by atoms with E-state index in [-0.39, 0.29) is 18.1 Å². The molecule has 0 aliphatic carbocycles. The average Bonchev–Trinajstić information content (AvgIpc) is 2.99. The maximum Gasteiger partial charge on any atom is 0.255 e. The van der Waals surface area contributed by atoms with Gasteiger partial charge in [0, 0.05) is 35.1 Å². The number of ketones is 1. The van der Waals surface area contributed by atoms with E-state index < -0.39 is 0 Å². The third-order valence-electron chi connectivity index (χ3n) is 6.58. The lowest BCUT2D eigenvalue weighted by Crippen LogP contribution is -2.13. The van der Waals surface area contributed by atoms with Crippen molar-refractivity contribution in [2.24, 2.45) is 0 Å². The number of aryl methyl sites for hydroxylation is 1. The molecule has 1 amide bonds. The first-order valence-corrected chi connectivity index (χ1v) is 13.7. The zero-order valence-electron chi connectivity index (χ0n) is 23.4. The molecule has 8 nitrogen and oxygen atoms in total. The lowest BCUT2D eigenvalue weighted by atomic mass is 10.1. The number of anilines is 3. The molecular formula is C34H32N4O4. The van der Waals surface area contributed by atoms with Gasteiger partial charge in [0.2, 0.25) is 5.95 Å². The van der Waals surface area contributed by atoms with E-state index in [1.54, 1.807) is 24.4 Å². The van der Waals surface area contributed by atoms with E-state index in [0.717, 1.165) is 40.1 Å². The minimum absolute atomic E-state index is 0.106. The Morgan fingerprint density at radius 2 is 1.95 bits per heavy atom. The molecular weight excluding hydrogens is 528 g/mol. The number of allylic oxidation sites excluding steroid dienone is 1. The number of carbonyl (C=O) groups excluding carboxylic acids is 2. The van der Waals surface area contributed by atoms with Gasteiger partial charge in [-0.3, -0.25) is 9.59 Å². The predicted molar refractivity (Wildman–Crippen MR) is 164 cm³/mol. The van der Waals surface area contributed by atoms with Crippen molar-refractivity contribution in [3.8, 4) is 17.0 Å². The summed E-state index contributed by atoms with van der Waals surface area (Å²) in [5.74, 6) is 0.795. The molecule has 0 fully saturated rings. The number of benzene rings is 3. The second kappa shape index (κ2) is 13.5. The summed E-state index contributed by atoms with van der Waals surface area (Å²) in [5, 5.41) is 6.27. The van der Waals surface area contributed by atoms with Crippen molar-refractivity contribution in [3.63, 3.8) is 0 Å². The lowest BCUT2D eigenvalue weighted by Gasteiger charge is -2.14. The van der Waals surface area contributed by atoms with Gasteiger partial charge in [0.25, 0.3) is 5.91 Å². The number of nitrogens with one attached hydrogen (secondary N) is 2. The van der Waals surface area contributed by atoms with Crippen LogP contribution >= 0.6 is 0 Å². The summed E-state index contributed by atoms with van der Waals surface area (Å²) in [6.45, 7) is 6.82. The van der Waals surface area contributed by atoms with Crippen LogP contribution < -0.4 is 15.4 Å². The molecule has 0 saturated carbocycles. The molecule has 0 unspecified atom stereocenters. The van der Waals surface area contributed by atoms with Crippen LogP contribution in [-0.4, -0.2) is 34.9 Å². The molecule has 2 N–H and O–H groups in total. The number of carbonyl (C=O) groups is 2. The molecule has 42 heavy (non-hydrogen) atoms. The van der Waals surface area contributed by atoms with Crippen LogP contribution in [0.25, 0.3) is 11.3 Å². The van der Waals surface area contributed by atoms with E-state index in [2.05, 4.69) is 22.2 Å². The zero-order valence-corrected chi connectivity index (χ0v) is 23.4. The number of hydrogen-bond donors (Lipinski definition) is 2. The normalized spacial score (nSPS) is 13.8. The molecule has 5 rings (SSSR count). The van der Waals surface area contributed by atoms with Crippen molar-refractivity contribution in [1.82, 2.24) is 9.97 Å². The predicted octanol–water partition coefficient (Wildman–Crippen LogP) is 6.60. The highest BCUT2D eigenvalue weighted by Crippen LogP contribution is 2.28. The van der Waals surface area contributed by atoms with Crippen molar-refractivity contribution in [2.45, 2.75) is 26.4 Å². The summed E-state index contributed by atoms with van der Waals surface area (Å²) < 4.78 is 11.8. The molecule has 0 radical (unpaired) electrons. The number of amides is 1. The van der Waals surface area contributed by atoms with Gasteiger partial charge in [-0.2, -0.15) is 0 Å². The highest BCUT2D eigenvalue weighted by atomic mass is 16.5. The topological polar surface area (TPSA) is 102 Å². The van der Waals surface area contributed by atoms with Crippen molar-refractivity contribution in [1.29, 1.82) is 0 Å². The van der Waals surface area contributed by atoms with E-state index in [0.29, 0.717) is 42.7 Å². The Balaban J connectivity index is 1.45. The van der Waals surface area contributed by atoms with Gasteiger partial charge >= 0.3 is 0 Å². The molecule has 6 bridgehead atoms. The minimum atomic E-state index is -0.291. The van der Waals surface area contributed by atoms with Crippen LogP contribution in [0.4, 0.5) is 17.3 Å². The second-order valence-corrected chi connectivity index (χ2v) is 9.92. The number of fused-ring (bicyclic) bond motifs is 7. The van der Waals surface area contributed by atoms with E-state index in [1.165, 1.54) is 6.08 Å². The Morgan fingerprint density at radius 1 is 1.07 bits per heavy atom. The maximum atomic E-state index is 13.2.